The molecule has 0 saturated heterocycles. The van der Waals surface area contributed by atoms with Crippen LogP contribution in [0.2, 0.25) is 0 Å². The third kappa shape index (κ3) is 3.16. The fraction of sp³-hybridized carbons (Fsp3) is 0.600. The molecule has 5 heteroatoms. The Morgan fingerprint density at radius 1 is 1.05 bits per heavy atom. The first kappa shape index (κ1) is 14.9. The standard InChI is InChI=1S/C15H23NO4/c1-18-12-7-14(20-3)13(19-2)6-11(12)8-16-9-15(10-17)4-5-15/h6-7,16-17H,4-5,8-10H2,1-3H3. The summed E-state index contributed by atoms with van der Waals surface area (Å²) in [5.41, 5.74) is 1.11. The van der Waals surface area contributed by atoms with Gasteiger partial charge < -0.3 is 24.6 Å². The smallest absolute Gasteiger partial charge is 0.164 e. The van der Waals surface area contributed by atoms with E-state index in [4.69, 9.17) is 14.2 Å². The fourth-order valence-electron chi connectivity index (χ4n) is 2.26. The molecular formula is C15H23NO4. The van der Waals surface area contributed by atoms with E-state index in [2.05, 4.69) is 5.32 Å². The molecule has 1 aromatic rings. The van der Waals surface area contributed by atoms with Crippen molar-refractivity contribution in [1.82, 2.24) is 5.32 Å². The molecule has 2 rings (SSSR count). The van der Waals surface area contributed by atoms with Gasteiger partial charge in [-0.1, -0.05) is 0 Å². The summed E-state index contributed by atoms with van der Waals surface area (Å²) in [6.45, 7) is 1.75. The van der Waals surface area contributed by atoms with Gasteiger partial charge in [-0.15, -0.1) is 0 Å². The average molecular weight is 281 g/mol. The monoisotopic (exact) mass is 281 g/mol. The highest BCUT2D eigenvalue weighted by Crippen LogP contribution is 2.44. The Morgan fingerprint density at radius 2 is 1.65 bits per heavy atom. The lowest BCUT2D eigenvalue weighted by atomic mass is 10.1. The lowest BCUT2D eigenvalue weighted by molar-refractivity contribution is 0.207. The highest BCUT2D eigenvalue weighted by molar-refractivity contribution is 5.50. The zero-order valence-electron chi connectivity index (χ0n) is 12.4. The topological polar surface area (TPSA) is 60.0 Å². The van der Waals surface area contributed by atoms with Gasteiger partial charge in [-0.05, 0) is 18.9 Å². The lowest BCUT2D eigenvalue weighted by Crippen LogP contribution is -2.26. The highest BCUT2D eigenvalue weighted by Gasteiger charge is 2.41. The molecule has 0 aromatic heterocycles. The third-order valence-electron chi connectivity index (χ3n) is 3.89. The Balaban J connectivity index is 2.05. The molecule has 20 heavy (non-hydrogen) atoms. The van der Waals surface area contributed by atoms with Crippen LogP contribution in [0, 0.1) is 5.41 Å². The quantitative estimate of drug-likeness (QED) is 0.757. The molecule has 0 aliphatic heterocycles. The Kier molecular flexibility index (Phi) is 4.73. The van der Waals surface area contributed by atoms with Crippen LogP contribution in [-0.2, 0) is 6.54 Å². The number of nitrogens with one attached hydrogen (secondary N) is 1. The molecule has 0 atom stereocenters. The molecule has 0 spiro atoms. The van der Waals surface area contributed by atoms with E-state index in [0.717, 1.165) is 30.7 Å². The van der Waals surface area contributed by atoms with E-state index in [1.165, 1.54) is 0 Å². The molecule has 0 unspecified atom stereocenters. The molecule has 0 radical (unpaired) electrons. The van der Waals surface area contributed by atoms with Gasteiger partial charge in [0.2, 0.25) is 0 Å². The van der Waals surface area contributed by atoms with E-state index in [0.29, 0.717) is 18.0 Å². The van der Waals surface area contributed by atoms with Crippen LogP contribution in [0.4, 0.5) is 0 Å². The van der Waals surface area contributed by atoms with Gasteiger partial charge in [0.1, 0.15) is 5.75 Å². The second-order valence-corrected chi connectivity index (χ2v) is 5.28. The molecule has 2 N–H and O–H groups in total. The first-order valence-corrected chi connectivity index (χ1v) is 6.78. The fourth-order valence-corrected chi connectivity index (χ4v) is 2.26. The van der Waals surface area contributed by atoms with E-state index in [-0.39, 0.29) is 12.0 Å². The molecule has 1 aliphatic rings. The van der Waals surface area contributed by atoms with E-state index in [1.807, 2.05) is 12.1 Å². The molecule has 0 amide bonds. The summed E-state index contributed by atoms with van der Waals surface area (Å²) in [6, 6.07) is 3.75. The SMILES string of the molecule is COc1cc(OC)c(OC)cc1CNCC1(CO)CC1. The van der Waals surface area contributed by atoms with Gasteiger partial charge in [-0.25, -0.2) is 0 Å². The molecule has 0 heterocycles. The van der Waals surface area contributed by atoms with Crippen molar-refractivity contribution in [3.8, 4) is 17.2 Å². The summed E-state index contributed by atoms with van der Waals surface area (Å²) >= 11 is 0. The minimum Gasteiger partial charge on any atom is -0.496 e. The molecule has 112 valence electrons. The largest absolute Gasteiger partial charge is 0.496 e. The van der Waals surface area contributed by atoms with Crippen molar-refractivity contribution in [3.05, 3.63) is 17.7 Å². The Hall–Kier alpha value is -1.46. The minimum atomic E-state index is 0.101. The molecule has 0 bridgehead atoms. The number of rotatable bonds is 8. The minimum absolute atomic E-state index is 0.101. The first-order valence-electron chi connectivity index (χ1n) is 6.78. The van der Waals surface area contributed by atoms with E-state index in [1.54, 1.807) is 21.3 Å². The van der Waals surface area contributed by atoms with E-state index >= 15 is 0 Å². The Bertz CT molecular complexity index is 457. The van der Waals surface area contributed by atoms with Crippen LogP contribution in [0.3, 0.4) is 0 Å². The van der Waals surface area contributed by atoms with Gasteiger partial charge in [0, 0.05) is 36.7 Å². The first-order chi connectivity index (χ1) is 9.68. The second-order valence-electron chi connectivity index (χ2n) is 5.28. The van der Waals surface area contributed by atoms with Gasteiger partial charge in [0.25, 0.3) is 0 Å². The lowest BCUT2D eigenvalue weighted by Gasteiger charge is -2.16. The molecule has 1 aliphatic carbocycles. The number of hydrogen-bond acceptors (Lipinski definition) is 5. The number of aliphatic hydroxyl groups excluding tert-OH is 1. The molecular weight excluding hydrogens is 258 g/mol. The van der Waals surface area contributed by atoms with Crippen LogP contribution < -0.4 is 19.5 Å². The summed E-state index contributed by atoms with van der Waals surface area (Å²) in [5.74, 6) is 2.11. The van der Waals surface area contributed by atoms with Gasteiger partial charge >= 0.3 is 0 Å². The third-order valence-corrected chi connectivity index (χ3v) is 3.89. The van der Waals surface area contributed by atoms with Gasteiger partial charge in [0.05, 0.1) is 21.3 Å². The predicted octanol–water partition coefficient (Wildman–Crippen LogP) is 1.57. The van der Waals surface area contributed by atoms with Crippen molar-refractivity contribution >= 4 is 0 Å². The normalized spacial score (nSPS) is 15.8. The van der Waals surface area contributed by atoms with Crippen molar-refractivity contribution < 1.29 is 19.3 Å². The van der Waals surface area contributed by atoms with Gasteiger partial charge in [-0.3, -0.25) is 0 Å². The number of hydrogen-bond donors (Lipinski definition) is 2. The number of methoxy groups -OCH3 is 3. The van der Waals surface area contributed by atoms with Crippen molar-refractivity contribution in [1.29, 1.82) is 0 Å². The van der Waals surface area contributed by atoms with Gasteiger partial charge in [0.15, 0.2) is 11.5 Å². The van der Waals surface area contributed by atoms with Crippen LogP contribution in [0.1, 0.15) is 18.4 Å². The maximum absolute atomic E-state index is 9.30. The molecule has 1 fully saturated rings. The van der Waals surface area contributed by atoms with Crippen molar-refractivity contribution in [2.24, 2.45) is 5.41 Å². The maximum atomic E-state index is 9.30. The second kappa shape index (κ2) is 6.33. The summed E-state index contributed by atoms with van der Waals surface area (Å²) in [7, 11) is 4.86. The van der Waals surface area contributed by atoms with Crippen molar-refractivity contribution in [2.45, 2.75) is 19.4 Å². The van der Waals surface area contributed by atoms with Crippen LogP contribution in [0.15, 0.2) is 12.1 Å². The molecule has 1 aromatic carbocycles. The Labute approximate surface area is 119 Å². The number of ether oxygens (including phenoxy) is 3. The van der Waals surface area contributed by atoms with Crippen molar-refractivity contribution in [3.63, 3.8) is 0 Å². The van der Waals surface area contributed by atoms with Crippen LogP contribution >= 0.6 is 0 Å². The maximum Gasteiger partial charge on any atom is 0.164 e. The zero-order chi connectivity index (χ0) is 14.6. The zero-order valence-corrected chi connectivity index (χ0v) is 12.4. The van der Waals surface area contributed by atoms with E-state index < -0.39 is 0 Å². The van der Waals surface area contributed by atoms with Crippen LogP contribution in [0.25, 0.3) is 0 Å². The summed E-state index contributed by atoms with van der Waals surface area (Å²) in [4.78, 5) is 0. The predicted molar refractivity (Wildman–Crippen MR) is 76.6 cm³/mol. The molecule has 1 saturated carbocycles. The molecule has 5 nitrogen and oxygen atoms in total. The van der Waals surface area contributed by atoms with Crippen LogP contribution in [0.5, 0.6) is 17.2 Å². The van der Waals surface area contributed by atoms with E-state index in [9.17, 15) is 5.11 Å². The number of benzene rings is 1. The summed E-state index contributed by atoms with van der Waals surface area (Å²) in [6.07, 6.45) is 2.19. The summed E-state index contributed by atoms with van der Waals surface area (Å²) in [5, 5.41) is 12.7. The van der Waals surface area contributed by atoms with Crippen molar-refractivity contribution in [2.75, 3.05) is 34.5 Å². The summed E-state index contributed by atoms with van der Waals surface area (Å²) < 4.78 is 16.0. The average Bonchev–Trinajstić information content (AvgIpc) is 3.27. The van der Waals surface area contributed by atoms with Gasteiger partial charge in [-0.2, -0.15) is 0 Å². The van der Waals surface area contributed by atoms with Crippen LogP contribution in [-0.4, -0.2) is 39.6 Å². The highest BCUT2D eigenvalue weighted by atomic mass is 16.5. The Morgan fingerprint density at radius 3 is 2.15 bits per heavy atom. The number of aliphatic hydroxyl groups is 1.